The van der Waals surface area contributed by atoms with Gasteiger partial charge < -0.3 is 0 Å². The second-order valence-electron chi connectivity index (χ2n) is 10.2. The van der Waals surface area contributed by atoms with Crippen molar-refractivity contribution in [2.24, 2.45) is 0 Å². The maximum Gasteiger partial charge on any atom is 0.240 e. The van der Waals surface area contributed by atoms with E-state index < -0.39 is 20.0 Å². The summed E-state index contributed by atoms with van der Waals surface area (Å²) in [5, 5.41) is 0. The highest BCUT2D eigenvalue weighted by Crippen LogP contribution is 2.27. The molecule has 0 saturated carbocycles. The van der Waals surface area contributed by atoms with E-state index in [1.54, 1.807) is 48.5 Å². The first-order valence-electron chi connectivity index (χ1n) is 13.5. The Labute approximate surface area is 248 Å². The van der Waals surface area contributed by atoms with Crippen molar-refractivity contribution in [2.75, 3.05) is 0 Å². The number of aryl methyl sites for hydroxylation is 2. The van der Waals surface area contributed by atoms with Crippen LogP contribution in [0, 0.1) is 13.8 Å². The van der Waals surface area contributed by atoms with Gasteiger partial charge in [0.2, 0.25) is 20.0 Å². The van der Waals surface area contributed by atoms with Gasteiger partial charge in [0.15, 0.2) is 0 Å². The van der Waals surface area contributed by atoms with Gasteiger partial charge in [0, 0.05) is 13.1 Å². The number of hydrogen-bond acceptors (Lipinski definition) is 4. The molecule has 0 aliphatic rings. The average Bonchev–Trinajstić information content (AvgIpc) is 3.00. The Morgan fingerprint density at radius 3 is 1.17 bits per heavy atom. The first-order valence-corrected chi connectivity index (χ1v) is 16.5. The number of nitrogens with one attached hydrogen (secondary N) is 2. The molecule has 214 valence electrons. The van der Waals surface area contributed by atoms with Crippen molar-refractivity contribution < 1.29 is 16.8 Å². The minimum atomic E-state index is -3.59. The van der Waals surface area contributed by atoms with Gasteiger partial charge in [0.1, 0.15) is 0 Å². The second kappa shape index (κ2) is 12.4. The van der Waals surface area contributed by atoms with Gasteiger partial charge in [-0.25, -0.2) is 26.3 Å². The fourth-order valence-corrected chi connectivity index (χ4v) is 6.50. The smallest absolute Gasteiger partial charge is 0.207 e. The van der Waals surface area contributed by atoms with Gasteiger partial charge in [0.25, 0.3) is 0 Å². The molecule has 2 N–H and O–H groups in total. The number of sulfonamides is 2. The van der Waals surface area contributed by atoms with Gasteiger partial charge in [-0.3, -0.25) is 0 Å². The average molecular weight is 597 g/mol. The quantitative estimate of drug-likeness (QED) is 0.190. The van der Waals surface area contributed by atoms with Gasteiger partial charge in [0.05, 0.1) is 9.79 Å². The maximum atomic E-state index is 12.6. The number of benzene rings is 5. The minimum absolute atomic E-state index is 0.198. The summed E-state index contributed by atoms with van der Waals surface area (Å²) in [6.07, 6.45) is 0. The van der Waals surface area contributed by atoms with Crippen LogP contribution in [0.3, 0.4) is 0 Å². The van der Waals surface area contributed by atoms with Crippen molar-refractivity contribution >= 4 is 20.0 Å². The van der Waals surface area contributed by atoms with Crippen LogP contribution in [-0.4, -0.2) is 16.8 Å². The number of hydrogen-bond donors (Lipinski definition) is 2. The molecule has 0 aromatic heterocycles. The summed E-state index contributed by atoms with van der Waals surface area (Å²) in [5.41, 5.74) is 7.84. The molecule has 0 unspecified atom stereocenters. The first-order chi connectivity index (χ1) is 20.1. The third kappa shape index (κ3) is 7.21. The summed E-state index contributed by atoms with van der Waals surface area (Å²) in [4.78, 5) is 0.497. The van der Waals surface area contributed by atoms with Crippen molar-refractivity contribution in [3.8, 4) is 22.3 Å². The molecule has 0 amide bonds. The lowest BCUT2D eigenvalue weighted by atomic mass is 9.98. The van der Waals surface area contributed by atoms with Crippen molar-refractivity contribution in [2.45, 2.75) is 36.7 Å². The fraction of sp³-hybridized carbons (Fsp3) is 0.118. The van der Waals surface area contributed by atoms with Crippen molar-refractivity contribution in [3.05, 3.63) is 144 Å². The summed E-state index contributed by atoms with van der Waals surface area (Å²) < 4.78 is 55.8. The molecule has 0 aliphatic heterocycles. The third-order valence-corrected chi connectivity index (χ3v) is 9.87. The molecule has 0 atom stereocenters. The Bertz CT molecular complexity index is 1750. The summed E-state index contributed by atoms with van der Waals surface area (Å²) in [5.74, 6) is 0. The zero-order chi connectivity index (χ0) is 29.7. The Kier molecular flexibility index (Phi) is 8.70. The molecule has 8 heteroatoms. The summed E-state index contributed by atoms with van der Waals surface area (Å²) in [6.45, 7) is 4.23. The van der Waals surface area contributed by atoms with Crippen LogP contribution in [0.15, 0.2) is 131 Å². The Morgan fingerprint density at radius 2 is 0.810 bits per heavy atom. The van der Waals surface area contributed by atoms with Crippen LogP contribution in [0.1, 0.15) is 22.3 Å². The molecule has 0 aliphatic carbocycles. The molecule has 6 nitrogen and oxygen atoms in total. The van der Waals surface area contributed by atoms with E-state index in [4.69, 9.17) is 0 Å². The Morgan fingerprint density at radius 1 is 0.452 bits per heavy atom. The van der Waals surface area contributed by atoms with E-state index in [0.29, 0.717) is 0 Å². The van der Waals surface area contributed by atoms with Gasteiger partial charge >= 0.3 is 0 Å². The standard InChI is InChI=1S/C34H32N2O4S2/c1-25-6-18-33(19-7-25)41(37,38)35-23-27-10-14-29(15-11-27)31-4-3-5-32(22-31)30-16-12-28(13-17-30)24-36-42(39,40)34-20-8-26(2)9-21-34/h3-22,35-36H,23-24H2,1-2H3. The molecule has 42 heavy (non-hydrogen) atoms. The Hall–Kier alpha value is -4.08. The molecule has 5 rings (SSSR count). The molecule has 0 radical (unpaired) electrons. The van der Waals surface area contributed by atoms with Gasteiger partial charge in [-0.05, 0) is 77.6 Å². The first kappa shape index (κ1) is 29.4. The van der Waals surface area contributed by atoms with E-state index in [1.807, 2.05) is 80.6 Å². The van der Waals surface area contributed by atoms with Gasteiger partial charge in [-0.15, -0.1) is 0 Å². The number of rotatable bonds is 10. The second-order valence-corrected chi connectivity index (χ2v) is 13.8. The minimum Gasteiger partial charge on any atom is -0.207 e. The molecule has 0 heterocycles. The van der Waals surface area contributed by atoms with E-state index in [1.165, 1.54) is 0 Å². The lowest BCUT2D eigenvalue weighted by Crippen LogP contribution is -2.23. The molecule has 5 aromatic carbocycles. The molecule has 0 saturated heterocycles. The summed E-state index contributed by atoms with van der Waals surface area (Å²) >= 11 is 0. The van der Waals surface area contributed by atoms with E-state index in [9.17, 15) is 16.8 Å². The highest BCUT2D eigenvalue weighted by Gasteiger charge is 2.14. The van der Waals surface area contributed by atoms with Crippen LogP contribution in [0.4, 0.5) is 0 Å². The van der Waals surface area contributed by atoms with Crippen LogP contribution >= 0.6 is 0 Å². The van der Waals surface area contributed by atoms with E-state index in [2.05, 4.69) is 15.5 Å². The predicted molar refractivity (Wildman–Crippen MR) is 168 cm³/mol. The SMILES string of the molecule is Cc1ccc(S(=O)(=O)NCc2ccc(-c3cccc(-c4ccc(CNS(=O)(=O)c5ccc(C)cc5)cc4)c3)cc2)cc1. The van der Waals surface area contributed by atoms with Crippen LogP contribution in [0.25, 0.3) is 22.3 Å². The monoisotopic (exact) mass is 596 g/mol. The molecule has 0 bridgehead atoms. The van der Waals surface area contributed by atoms with Crippen molar-refractivity contribution in [1.29, 1.82) is 0 Å². The largest absolute Gasteiger partial charge is 0.240 e. The molecular formula is C34H32N2O4S2. The van der Waals surface area contributed by atoms with Crippen LogP contribution < -0.4 is 9.44 Å². The van der Waals surface area contributed by atoms with Gasteiger partial charge in [-0.2, -0.15) is 0 Å². The van der Waals surface area contributed by atoms with E-state index in [-0.39, 0.29) is 22.9 Å². The predicted octanol–water partition coefficient (Wildman–Crippen LogP) is 6.59. The highest BCUT2D eigenvalue weighted by molar-refractivity contribution is 7.89. The van der Waals surface area contributed by atoms with Gasteiger partial charge in [-0.1, -0.05) is 102 Å². The molecule has 0 fully saturated rings. The highest BCUT2D eigenvalue weighted by atomic mass is 32.2. The van der Waals surface area contributed by atoms with E-state index in [0.717, 1.165) is 44.5 Å². The molecule has 5 aromatic rings. The van der Waals surface area contributed by atoms with Crippen LogP contribution in [0.5, 0.6) is 0 Å². The van der Waals surface area contributed by atoms with Crippen LogP contribution in [0.2, 0.25) is 0 Å². The molecular weight excluding hydrogens is 565 g/mol. The maximum absolute atomic E-state index is 12.6. The lowest BCUT2D eigenvalue weighted by molar-refractivity contribution is 0.579. The Balaban J connectivity index is 1.22. The van der Waals surface area contributed by atoms with Crippen molar-refractivity contribution in [1.82, 2.24) is 9.44 Å². The molecule has 0 spiro atoms. The summed E-state index contributed by atoms with van der Waals surface area (Å²) in [7, 11) is -7.17. The normalized spacial score (nSPS) is 11.9. The zero-order valence-corrected chi connectivity index (χ0v) is 25.0. The fourth-order valence-electron chi connectivity index (χ4n) is 4.47. The van der Waals surface area contributed by atoms with E-state index >= 15 is 0 Å². The third-order valence-electron chi connectivity index (χ3n) is 7.03. The lowest BCUT2D eigenvalue weighted by Gasteiger charge is -2.10. The topological polar surface area (TPSA) is 92.3 Å². The zero-order valence-electron chi connectivity index (χ0n) is 23.4. The van der Waals surface area contributed by atoms with Crippen LogP contribution in [-0.2, 0) is 33.1 Å². The summed E-state index contributed by atoms with van der Waals surface area (Å²) in [6, 6.07) is 37.3. The van der Waals surface area contributed by atoms with Crippen molar-refractivity contribution in [3.63, 3.8) is 0 Å².